The maximum Gasteiger partial charge on any atom is 0.268 e. The number of carbonyl (C=O) groups excluding carboxylic acids is 1. The van der Waals surface area contributed by atoms with Gasteiger partial charge in [0.05, 0.1) is 17.7 Å². The highest BCUT2D eigenvalue weighted by Crippen LogP contribution is 2.26. The molecule has 0 aliphatic carbocycles. The Labute approximate surface area is 154 Å². The van der Waals surface area contributed by atoms with Crippen molar-refractivity contribution in [2.45, 2.75) is 0 Å². The van der Waals surface area contributed by atoms with Gasteiger partial charge in [-0.2, -0.15) is 0 Å². The lowest BCUT2D eigenvalue weighted by Gasteiger charge is -2.07. The molecule has 1 amide bonds. The molecule has 2 aromatic carbocycles. The average Bonchev–Trinajstić information content (AvgIpc) is 3.22. The zero-order chi connectivity index (χ0) is 17.9. The van der Waals surface area contributed by atoms with E-state index in [-0.39, 0.29) is 11.9 Å². The van der Waals surface area contributed by atoms with Crippen molar-refractivity contribution in [3.05, 3.63) is 71.1 Å². The smallest absolute Gasteiger partial charge is 0.268 e. The van der Waals surface area contributed by atoms with Crippen LogP contribution in [0.15, 0.2) is 66.2 Å². The summed E-state index contributed by atoms with van der Waals surface area (Å²) in [6.07, 6.45) is 1.64. The summed E-state index contributed by atoms with van der Waals surface area (Å²) in [6.45, 7) is 0. The van der Waals surface area contributed by atoms with Crippen LogP contribution in [0.3, 0.4) is 0 Å². The number of hydrogen-bond acceptors (Lipinski definition) is 5. The second kappa shape index (κ2) is 6.93. The Balaban J connectivity index is 1.63. The average molecular weight is 361 g/mol. The molecule has 2 aromatic heterocycles. The van der Waals surface area contributed by atoms with Crippen LogP contribution in [0.4, 0.5) is 5.95 Å². The molecule has 0 unspecified atom stereocenters. The minimum absolute atomic E-state index is 0.206. The Morgan fingerprint density at radius 1 is 1.08 bits per heavy atom. The van der Waals surface area contributed by atoms with E-state index in [0.29, 0.717) is 4.88 Å². The zero-order valence-electron chi connectivity index (χ0n) is 14.0. The SMILES string of the molecule is COc1ccc2cc(-c3ccnc(NC(=O)c4cccs4)n3)ccc2c1. The van der Waals surface area contributed by atoms with Gasteiger partial charge < -0.3 is 4.74 Å². The van der Waals surface area contributed by atoms with Gasteiger partial charge in [-0.15, -0.1) is 11.3 Å². The Morgan fingerprint density at radius 3 is 2.73 bits per heavy atom. The molecule has 0 atom stereocenters. The maximum absolute atomic E-state index is 12.2. The van der Waals surface area contributed by atoms with E-state index >= 15 is 0 Å². The van der Waals surface area contributed by atoms with Crippen molar-refractivity contribution < 1.29 is 9.53 Å². The molecular weight excluding hydrogens is 346 g/mol. The zero-order valence-corrected chi connectivity index (χ0v) is 14.8. The molecule has 0 saturated heterocycles. The molecule has 0 saturated carbocycles. The minimum atomic E-state index is -0.206. The third kappa shape index (κ3) is 3.27. The number of carbonyl (C=O) groups is 1. The second-order valence-corrected chi connectivity index (χ2v) is 6.57. The van der Waals surface area contributed by atoms with Gasteiger partial charge in [0, 0.05) is 11.8 Å². The normalized spacial score (nSPS) is 10.7. The number of thiophene rings is 1. The van der Waals surface area contributed by atoms with Crippen molar-refractivity contribution in [3.8, 4) is 17.0 Å². The first-order valence-electron chi connectivity index (χ1n) is 7.99. The molecule has 128 valence electrons. The number of methoxy groups -OCH3 is 1. The van der Waals surface area contributed by atoms with Gasteiger partial charge in [-0.3, -0.25) is 10.1 Å². The van der Waals surface area contributed by atoms with Crippen molar-refractivity contribution in [2.24, 2.45) is 0 Å². The van der Waals surface area contributed by atoms with Crippen molar-refractivity contribution in [2.75, 3.05) is 12.4 Å². The Morgan fingerprint density at radius 2 is 1.92 bits per heavy atom. The summed E-state index contributed by atoms with van der Waals surface area (Å²) in [4.78, 5) is 21.4. The van der Waals surface area contributed by atoms with E-state index in [1.54, 1.807) is 19.4 Å². The van der Waals surface area contributed by atoms with Crippen LogP contribution in [0.1, 0.15) is 9.67 Å². The van der Waals surface area contributed by atoms with Gasteiger partial charge in [0.15, 0.2) is 0 Å². The number of hydrogen-bond donors (Lipinski definition) is 1. The summed E-state index contributed by atoms with van der Waals surface area (Å²) >= 11 is 1.38. The largest absolute Gasteiger partial charge is 0.497 e. The van der Waals surface area contributed by atoms with Gasteiger partial charge in [0.25, 0.3) is 5.91 Å². The molecule has 0 radical (unpaired) electrons. The number of amides is 1. The molecule has 26 heavy (non-hydrogen) atoms. The highest BCUT2D eigenvalue weighted by molar-refractivity contribution is 7.12. The number of ether oxygens (including phenoxy) is 1. The van der Waals surface area contributed by atoms with Crippen LogP contribution in [0.5, 0.6) is 5.75 Å². The van der Waals surface area contributed by atoms with Crippen molar-refractivity contribution >= 4 is 34.0 Å². The first kappa shape index (κ1) is 16.2. The lowest BCUT2D eigenvalue weighted by atomic mass is 10.0. The van der Waals surface area contributed by atoms with E-state index in [2.05, 4.69) is 21.4 Å². The van der Waals surface area contributed by atoms with Gasteiger partial charge in [0.2, 0.25) is 5.95 Å². The van der Waals surface area contributed by atoms with Gasteiger partial charge in [0.1, 0.15) is 5.75 Å². The lowest BCUT2D eigenvalue weighted by Crippen LogP contribution is -2.12. The number of benzene rings is 2. The Hall–Kier alpha value is -3.25. The summed E-state index contributed by atoms with van der Waals surface area (Å²) in [6, 6.07) is 17.4. The summed E-state index contributed by atoms with van der Waals surface area (Å²) in [5.41, 5.74) is 1.70. The van der Waals surface area contributed by atoms with Crippen LogP contribution in [0.2, 0.25) is 0 Å². The van der Waals surface area contributed by atoms with E-state index in [9.17, 15) is 4.79 Å². The van der Waals surface area contributed by atoms with E-state index in [0.717, 1.165) is 27.8 Å². The molecule has 0 spiro atoms. The fourth-order valence-corrected chi connectivity index (χ4v) is 3.28. The van der Waals surface area contributed by atoms with Crippen molar-refractivity contribution in [3.63, 3.8) is 0 Å². The molecule has 5 nitrogen and oxygen atoms in total. The minimum Gasteiger partial charge on any atom is -0.497 e. The number of aromatic nitrogens is 2. The molecule has 6 heteroatoms. The quantitative estimate of drug-likeness (QED) is 0.576. The molecule has 0 aliphatic heterocycles. The van der Waals surface area contributed by atoms with Crippen LogP contribution >= 0.6 is 11.3 Å². The van der Waals surface area contributed by atoms with E-state index in [1.165, 1.54) is 11.3 Å². The summed E-state index contributed by atoms with van der Waals surface area (Å²) in [5, 5.41) is 6.78. The highest BCUT2D eigenvalue weighted by atomic mass is 32.1. The summed E-state index contributed by atoms with van der Waals surface area (Å²) in [5.74, 6) is 0.907. The van der Waals surface area contributed by atoms with Gasteiger partial charge in [-0.25, -0.2) is 9.97 Å². The monoisotopic (exact) mass is 361 g/mol. The predicted molar refractivity (Wildman–Crippen MR) is 104 cm³/mol. The second-order valence-electron chi connectivity index (χ2n) is 5.62. The van der Waals surface area contributed by atoms with E-state index in [1.807, 2.05) is 47.8 Å². The topological polar surface area (TPSA) is 64.1 Å². The molecule has 0 aliphatic rings. The van der Waals surface area contributed by atoms with Crippen molar-refractivity contribution in [1.29, 1.82) is 0 Å². The van der Waals surface area contributed by atoms with Crippen LogP contribution in [-0.2, 0) is 0 Å². The van der Waals surface area contributed by atoms with Crippen molar-refractivity contribution in [1.82, 2.24) is 9.97 Å². The molecule has 4 aromatic rings. The van der Waals surface area contributed by atoms with Crippen LogP contribution in [0, 0.1) is 0 Å². The molecule has 0 fully saturated rings. The fourth-order valence-electron chi connectivity index (χ4n) is 2.66. The molecule has 2 heterocycles. The Kier molecular flexibility index (Phi) is 4.33. The number of fused-ring (bicyclic) bond motifs is 1. The van der Waals surface area contributed by atoms with Crippen LogP contribution < -0.4 is 10.1 Å². The lowest BCUT2D eigenvalue weighted by molar-refractivity contribution is 0.102. The van der Waals surface area contributed by atoms with E-state index in [4.69, 9.17) is 4.74 Å². The summed E-state index contributed by atoms with van der Waals surface area (Å²) < 4.78 is 5.26. The fraction of sp³-hybridized carbons (Fsp3) is 0.0500. The number of nitrogens with one attached hydrogen (secondary N) is 1. The molecular formula is C20H15N3O2S. The molecule has 1 N–H and O–H groups in total. The predicted octanol–water partition coefficient (Wildman–Crippen LogP) is 4.62. The first-order valence-corrected chi connectivity index (χ1v) is 8.87. The Bertz CT molecular complexity index is 1080. The van der Waals surface area contributed by atoms with Crippen LogP contribution in [0.25, 0.3) is 22.0 Å². The van der Waals surface area contributed by atoms with E-state index < -0.39 is 0 Å². The van der Waals surface area contributed by atoms with Gasteiger partial charge in [-0.1, -0.05) is 24.3 Å². The number of nitrogens with zero attached hydrogens (tertiary/aromatic N) is 2. The molecule has 0 bridgehead atoms. The number of anilines is 1. The van der Waals surface area contributed by atoms with Crippen LogP contribution in [-0.4, -0.2) is 23.0 Å². The van der Waals surface area contributed by atoms with Gasteiger partial charge >= 0.3 is 0 Å². The maximum atomic E-state index is 12.2. The summed E-state index contributed by atoms with van der Waals surface area (Å²) in [7, 11) is 1.66. The number of rotatable bonds is 4. The molecule has 4 rings (SSSR count). The standard InChI is InChI=1S/C20H15N3O2S/c1-25-16-7-6-13-11-15(5-4-14(13)12-16)17-8-9-21-20(22-17)23-19(24)18-3-2-10-26-18/h2-12H,1H3,(H,21,22,23,24). The highest BCUT2D eigenvalue weighted by Gasteiger charge is 2.10. The third-order valence-corrected chi connectivity index (χ3v) is 4.84. The third-order valence-electron chi connectivity index (χ3n) is 3.97. The van der Waals surface area contributed by atoms with Gasteiger partial charge in [-0.05, 0) is 46.5 Å². The first-order chi connectivity index (χ1) is 12.7.